The van der Waals surface area contributed by atoms with Crippen molar-refractivity contribution in [1.82, 2.24) is 9.78 Å². The Hall–Kier alpha value is -4.14. The van der Waals surface area contributed by atoms with Crippen LogP contribution in [0.2, 0.25) is 0 Å². The summed E-state index contributed by atoms with van der Waals surface area (Å²) >= 11 is 0. The van der Waals surface area contributed by atoms with Crippen LogP contribution in [0.5, 0.6) is 5.75 Å². The molecule has 0 bridgehead atoms. The number of aryl methyl sites for hydroxylation is 1. The minimum Gasteiger partial charge on any atom is -0.496 e. The molecular weight excluding hydrogens is 470 g/mol. The third kappa shape index (κ3) is 4.45. The number of nitrogens with zero attached hydrogens (tertiary/aromatic N) is 4. The fourth-order valence-corrected chi connectivity index (χ4v) is 5.24. The molecule has 5 rings (SSSR count). The third-order valence-electron chi connectivity index (χ3n) is 7.07. The van der Waals surface area contributed by atoms with Gasteiger partial charge in [0.05, 0.1) is 12.8 Å². The quantitative estimate of drug-likeness (QED) is 0.531. The number of rotatable bonds is 7. The Morgan fingerprint density at radius 2 is 1.68 bits per heavy atom. The molecule has 2 aliphatic rings. The average molecular weight is 502 g/mol. The van der Waals surface area contributed by atoms with Crippen molar-refractivity contribution in [1.29, 1.82) is 0 Å². The van der Waals surface area contributed by atoms with Gasteiger partial charge in [-0.2, -0.15) is 5.10 Å². The molecule has 37 heavy (non-hydrogen) atoms. The van der Waals surface area contributed by atoms with E-state index in [2.05, 4.69) is 12.0 Å². The zero-order valence-corrected chi connectivity index (χ0v) is 21.2. The van der Waals surface area contributed by atoms with Crippen molar-refractivity contribution in [3.63, 3.8) is 0 Å². The van der Waals surface area contributed by atoms with Crippen LogP contribution in [0.15, 0.2) is 42.5 Å². The number of ether oxygens (including phenoxy) is 1. The number of amides is 3. The molecule has 0 saturated carbocycles. The number of carbonyl (C=O) groups is 3. The van der Waals surface area contributed by atoms with Gasteiger partial charge in [-0.05, 0) is 73.7 Å². The number of fused-ring (bicyclic) bond motifs is 1. The van der Waals surface area contributed by atoms with E-state index in [1.54, 1.807) is 16.9 Å². The number of hydrogen-bond acceptors (Lipinski definition) is 5. The summed E-state index contributed by atoms with van der Waals surface area (Å²) in [7, 11) is 1.63. The van der Waals surface area contributed by atoms with Crippen molar-refractivity contribution in [2.45, 2.75) is 45.4 Å². The molecule has 3 amide bonds. The number of methoxy groups -OCH3 is 1. The lowest BCUT2D eigenvalue weighted by Crippen LogP contribution is -2.39. The van der Waals surface area contributed by atoms with Crippen LogP contribution >= 0.6 is 0 Å². The Labute approximate surface area is 215 Å². The maximum Gasteiger partial charge on any atom is 0.277 e. The van der Waals surface area contributed by atoms with Gasteiger partial charge in [0.15, 0.2) is 5.69 Å². The van der Waals surface area contributed by atoms with Gasteiger partial charge in [-0.1, -0.05) is 13.3 Å². The molecule has 0 aliphatic carbocycles. The summed E-state index contributed by atoms with van der Waals surface area (Å²) in [5.74, 6) is -0.0190. The fraction of sp³-hybridized carbons (Fsp3) is 0.357. The SMILES string of the molecule is CCCc1cc(-n2nc(C(N)=O)c3c2C(=O)N(c2ccc(N4CCCCC4=O)cc2)CC3)ccc1OC. The molecule has 0 radical (unpaired) electrons. The van der Waals surface area contributed by atoms with E-state index in [-0.39, 0.29) is 17.5 Å². The number of benzene rings is 2. The first-order valence-corrected chi connectivity index (χ1v) is 12.7. The van der Waals surface area contributed by atoms with Crippen LogP contribution < -0.4 is 20.3 Å². The van der Waals surface area contributed by atoms with Gasteiger partial charge in [0.2, 0.25) is 5.91 Å². The van der Waals surface area contributed by atoms with E-state index in [0.717, 1.165) is 48.4 Å². The van der Waals surface area contributed by atoms with Gasteiger partial charge < -0.3 is 20.3 Å². The summed E-state index contributed by atoms with van der Waals surface area (Å²) in [5, 5.41) is 4.49. The highest BCUT2D eigenvalue weighted by atomic mass is 16.5. The molecule has 2 aromatic carbocycles. The van der Waals surface area contributed by atoms with E-state index in [4.69, 9.17) is 10.5 Å². The molecule has 1 saturated heterocycles. The van der Waals surface area contributed by atoms with Crippen LogP contribution in [-0.2, 0) is 17.6 Å². The topological polar surface area (TPSA) is 111 Å². The van der Waals surface area contributed by atoms with Crippen molar-refractivity contribution in [3.05, 3.63) is 65.0 Å². The second-order valence-electron chi connectivity index (χ2n) is 9.42. The molecule has 1 fully saturated rings. The van der Waals surface area contributed by atoms with Gasteiger partial charge >= 0.3 is 0 Å². The molecular formula is C28H31N5O4. The molecule has 2 N–H and O–H groups in total. The van der Waals surface area contributed by atoms with E-state index >= 15 is 0 Å². The van der Waals surface area contributed by atoms with Crippen molar-refractivity contribution in [3.8, 4) is 11.4 Å². The lowest BCUT2D eigenvalue weighted by Gasteiger charge is -2.29. The smallest absolute Gasteiger partial charge is 0.277 e. The number of anilines is 2. The molecule has 1 aromatic heterocycles. The molecule has 2 aliphatic heterocycles. The maximum atomic E-state index is 13.8. The average Bonchev–Trinajstić information content (AvgIpc) is 3.31. The molecule has 9 heteroatoms. The Bertz CT molecular complexity index is 1360. The lowest BCUT2D eigenvalue weighted by molar-refractivity contribution is -0.119. The molecule has 9 nitrogen and oxygen atoms in total. The molecule has 0 atom stereocenters. The third-order valence-corrected chi connectivity index (χ3v) is 7.07. The summed E-state index contributed by atoms with van der Waals surface area (Å²) in [4.78, 5) is 41.9. The van der Waals surface area contributed by atoms with E-state index in [1.165, 1.54) is 4.68 Å². The van der Waals surface area contributed by atoms with E-state index in [0.29, 0.717) is 42.9 Å². The Morgan fingerprint density at radius 3 is 2.32 bits per heavy atom. The predicted molar refractivity (Wildman–Crippen MR) is 141 cm³/mol. The normalized spacial score (nSPS) is 15.6. The first kappa shape index (κ1) is 24.5. The summed E-state index contributed by atoms with van der Waals surface area (Å²) in [6, 6.07) is 13.1. The van der Waals surface area contributed by atoms with Gasteiger partial charge in [-0.3, -0.25) is 14.4 Å². The second-order valence-corrected chi connectivity index (χ2v) is 9.42. The number of carbonyl (C=O) groups excluding carboxylic acids is 3. The zero-order chi connectivity index (χ0) is 26.1. The summed E-state index contributed by atoms with van der Waals surface area (Å²) in [6.07, 6.45) is 4.65. The molecule has 3 aromatic rings. The van der Waals surface area contributed by atoms with E-state index < -0.39 is 5.91 Å². The van der Waals surface area contributed by atoms with Crippen molar-refractivity contribution < 1.29 is 19.1 Å². The number of primary amides is 1. The number of piperidine rings is 1. The number of hydrogen-bond donors (Lipinski definition) is 1. The largest absolute Gasteiger partial charge is 0.496 e. The Balaban J connectivity index is 1.51. The summed E-state index contributed by atoms with van der Waals surface area (Å²) in [5.41, 5.74) is 9.89. The van der Waals surface area contributed by atoms with Crippen molar-refractivity contribution in [2.24, 2.45) is 5.73 Å². The maximum absolute atomic E-state index is 13.8. The highest BCUT2D eigenvalue weighted by Gasteiger charge is 2.35. The standard InChI is InChI=1S/C28H31N5O4/c1-3-6-18-17-21(12-13-23(18)37-2)33-26-22(25(30-33)27(29)35)14-16-32(28(26)36)20-10-8-19(9-11-20)31-15-5-4-7-24(31)34/h8-13,17H,3-7,14-16H2,1-2H3,(H2,29,35). The highest BCUT2D eigenvalue weighted by molar-refractivity contribution is 6.09. The summed E-state index contributed by atoms with van der Waals surface area (Å²) in [6.45, 7) is 3.19. The van der Waals surface area contributed by atoms with Crippen LogP contribution in [0, 0.1) is 0 Å². The van der Waals surface area contributed by atoms with Crippen LogP contribution in [0.4, 0.5) is 11.4 Å². The van der Waals surface area contributed by atoms with Crippen LogP contribution in [-0.4, -0.2) is 47.7 Å². The van der Waals surface area contributed by atoms with Gasteiger partial charge in [0.1, 0.15) is 11.4 Å². The van der Waals surface area contributed by atoms with Gasteiger partial charge in [0.25, 0.3) is 11.8 Å². The molecule has 0 spiro atoms. The minimum absolute atomic E-state index is 0.120. The Kier molecular flexibility index (Phi) is 6.69. The van der Waals surface area contributed by atoms with E-state index in [1.807, 2.05) is 42.5 Å². The van der Waals surface area contributed by atoms with Gasteiger partial charge in [0, 0.05) is 36.4 Å². The highest BCUT2D eigenvalue weighted by Crippen LogP contribution is 2.32. The van der Waals surface area contributed by atoms with Crippen LogP contribution in [0.1, 0.15) is 64.7 Å². The Morgan fingerprint density at radius 1 is 0.973 bits per heavy atom. The number of nitrogens with two attached hydrogens (primary N) is 1. The number of aromatic nitrogens is 2. The fourth-order valence-electron chi connectivity index (χ4n) is 5.24. The first-order valence-electron chi connectivity index (χ1n) is 12.7. The monoisotopic (exact) mass is 501 g/mol. The second kappa shape index (κ2) is 10.1. The lowest BCUT2D eigenvalue weighted by atomic mass is 10.0. The minimum atomic E-state index is -0.658. The molecule has 192 valence electrons. The van der Waals surface area contributed by atoms with Crippen LogP contribution in [0.25, 0.3) is 5.69 Å². The molecule has 0 unspecified atom stereocenters. The first-order chi connectivity index (χ1) is 17.9. The molecule has 3 heterocycles. The van der Waals surface area contributed by atoms with Crippen molar-refractivity contribution in [2.75, 3.05) is 30.0 Å². The summed E-state index contributed by atoms with van der Waals surface area (Å²) < 4.78 is 7.03. The van der Waals surface area contributed by atoms with Crippen molar-refractivity contribution >= 4 is 29.1 Å². The predicted octanol–water partition coefficient (Wildman–Crippen LogP) is 3.65. The van der Waals surface area contributed by atoms with E-state index in [9.17, 15) is 14.4 Å². The zero-order valence-electron chi connectivity index (χ0n) is 21.2. The van der Waals surface area contributed by atoms with Gasteiger partial charge in [-0.25, -0.2) is 4.68 Å². The van der Waals surface area contributed by atoms with Crippen LogP contribution in [0.3, 0.4) is 0 Å². The van der Waals surface area contributed by atoms with Gasteiger partial charge in [-0.15, -0.1) is 0 Å².